The standard InChI is InChI=1S/C25H24ClFN2O3/c1-15-6-4-7-17(12-15)28-25(30)29-11-10-16-13-21(31-2)22(32-3)14-18(16)24(29)23-19(26)8-5-9-20(23)27/h4-9,12-14,24H,10-11H2,1-3H3,(H,28,30)/t24-/m1/s1. The molecule has 1 N–H and O–H groups in total. The number of carbonyl (C=O) groups is 1. The number of halogens is 2. The number of amides is 2. The lowest BCUT2D eigenvalue weighted by molar-refractivity contribution is 0.192. The topological polar surface area (TPSA) is 50.8 Å². The van der Waals surface area contributed by atoms with Crippen molar-refractivity contribution in [1.82, 2.24) is 4.90 Å². The first-order valence-corrected chi connectivity index (χ1v) is 10.6. The summed E-state index contributed by atoms with van der Waals surface area (Å²) in [6, 6.07) is 14.7. The minimum Gasteiger partial charge on any atom is -0.493 e. The number of methoxy groups -OCH3 is 2. The van der Waals surface area contributed by atoms with Gasteiger partial charge in [0.1, 0.15) is 5.82 Å². The maximum Gasteiger partial charge on any atom is 0.322 e. The van der Waals surface area contributed by atoms with E-state index in [1.807, 2.05) is 37.3 Å². The number of aryl methyl sites for hydroxylation is 1. The van der Waals surface area contributed by atoms with Crippen molar-refractivity contribution in [2.24, 2.45) is 0 Å². The molecule has 166 valence electrons. The molecule has 4 rings (SSSR count). The quantitative estimate of drug-likeness (QED) is 0.527. The van der Waals surface area contributed by atoms with E-state index < -0.39 is 11.9 Å². The van der Waals surface area contributed by atoms with E-state index in [2.05, 4.69) is 5.32 Å². The van der Waals surface area contributed by atoms with Crippen LogP contribution in [0.4, 0.5) is 14.9 Å². The van der Waals surface area contributed by atoms with Crippen LogP contribution < -0.4 is 14.8 Å². The lowest BCUT2D eigenvalue weighted by atomic mass is 9.87. The molecule has 0 unspecified atom stereocenters. The Morgan fingerprint density at radius 3 is 2.50 bits per heavy atom. The summed E-state index contributed by atoms with van der Waals surface area (Å²) >= 11 is 6.46. The van der Waals surface area contributed by atoms with E-state index in [4.69, 9.17) is 21.1 Å². The van der Waals surface area contributed by atoms with Crippen LogP contribution in [0.5, 0.6) is 11.5 Å². The first kappa shape index (κ1) is 22.0. The van der Waals surface area contributed by atoms with Gasteiger partial charge in [0.05, 0.1) is 20.3 Å². The summed E-state index contributed by atoms with van der Waals surface area (Å²) in [6.07, 6.45) is 0.583. The van der Waals surface area contributed by atoms with Crippen molar-refractivity contribution in [1.29, 1.82) is 0 Å². The predicted molar refractivity (Wildman–Crippen MR) is 123 cm³/mol. The minimum absolute atomic E-state index is 0.252. The Kier molecular flexibility index (Phi) is 6.24. The Labute approximate surface area is 191 Å². The lowest BCUT2D eigenvalue weighted by Crippen LogP contribution is -2.43. The number of nitrogens with one attached hydrogen (secondary N) is 1. The molecule has 1 aliphatic heterocycles. The van der Waals surface area contributed by atoms with Gasteiger partial charge in [0.2, 0.25) is 0 Å². The van der Waals surface area contributed by atoms with Crippen LogP contribution in [-0.2, 0) is 6.42 Å². The summed E-state index contributed by atoms with van der Waals surface area (Å²) in [5.41, 5.74) is 3.65. The monoisotopic (exact) mass is 454 g/mol. The average molecular weight is 455 g/mol. The summed E-state index contributed by atoms with van der Waals surface area (Å²) in [7, 11) is 3.11. The third kappa shape index (κ3) is 4.10. The Bertz CT molecular complexity index is 1150. The molecule has 5 nitrogen and oxygen atoms in total. The van der Waals surface area contributed by atoms with Crippen LogP contribution in [0, 0.1) is 12.7 Å². The number of rotatable bonds is 4. The SMILES string of the molecule is COc1cc2c(cc1OC)[C@H](c1c(F)cccc1Cl)N(C(=O)Nc1cccc(C)c1)CC2. The van der Waals surface area contributed by atoms with Crippen molar-refractivity contribution in [2.75, 3.05) is 26.1 Å². The van der Waals surface area contributed by atoms with E-state index in [0.29, 0.717) is 30.2 Å². The Morgan fingerprint density at radius 2 is 1.81 bits per heavy atom. The second-order valence-electron chi connectivity index (χ2n) is 7.69. The van der Waals surface area contributed by atoms with E-state index in [0.717, 1.165) is 16.7 Å². The van der Waals surface area contributed by atoms with Gasteiger partial charge in [0.15, 0.2) is 11.5 Å². The number of ether oxygens (including phenoxy) is 2. The highest BCUT2D eigenvalue weighted by Crippen LogP contribution is 2.43. The molecule has 0 spiro atoms. The second-order valence-corrected chi connectivity index (χ2v) is 8.09. The molecule has 1 atom stereocenters. The zero-order chi connectivity index (χ0) is 22.8. The molecule has 32 heavy (non-hydrogen) atoms. The Balaban J connectivity index is 1.83. The lowest BCUT2D eigenvalue weighted by Gasteiger charge is -2.38. The van der Waals surface area contributed by atoms with Crippen LogP contribution in [0.15, 0.2) is 54.6 Å². The number of urea groups is 1. The van der Waals surface area contributed by atoms with Gasteiger partial charge in [0.25, 0.3) is 0 Å². The first-order valence-electron chi connectivity index (χ1n) is 10.3. The van der Waals surface area contributed by atoms with Crippen molar-refractivity contribution in [3.05, 3.63) is 87.7 Å². The third-order valence-corrected chi connectivity index (χ3v) is 6.01. The first-order chi connectivity index (χ1) is 15.4. The minimum atomic E-state index is -0.725. The summed E-state index contributed by atoms with van der Waals surface area (Å²) in [4.78, 5) is 15.0. The fourth-order valence-electron chi connectivity index (χ4n) is 4.17. The number of hydrogen-bond donors (Lipinski definition) is 1. The van der Waals surface area contributed by atoms with Crippen molar-refractivity contribution in [3.8, 4) is 11.5 Å². The van der Waals surface area contributed by atoms with Crippen LogP contribution >= 0.6 is 11.6 Å². The number of fused-ring (bicyclic) bond motifs is 1. The molecular weight excluding hydrogens is 431 g/mol. The summed E-state index contributed by atoms with van der Waals surface area (Å²) in [5.74, 6) is 0.616. The van der Waals surface area contributed by atoms with Crippen LogP contribution in [0.3, 0.4) is 0 Å². The van der Waals surface area contributed by atoms with Gasteiger partial charge in [-0.05, 0) is 66.4 Å². The number of benzene rings is 3. The van der Waals surface area contributed by atoms with Gasteiger partial charge in [-0.1, -0.05) is 29.8 Å². The van der Waals surface area contributed by atoms with Crippen LogP contribution in [0.2, 0.25) is 5.02 Å². The smallest absolute Gasteiger partial charge is 0.322 e. The van der Waals surface area contributed by atoms with Gasteiger partial charge in [-0.15, -0.1) is 0 Å². The molecule has 0 aromatic heterocycles. The van der Waals surface area contributed by atoms with Gasteiger partial charge < -0.3 is 19.7 Å². The van der Waals surface area contributed by atoms with E-state index in [-0.39, 0.29) is 16.6 Å². The van der Waals surface area contributed by atoms with Crippen molar-refractivity contribution in [3.63, 3.8) is 0 Å². The molecule has 0 bridgehead atoms. The second kappa shape index (κ2) is 9.09. The highest BCUT2D eigenvalue weighted by atomic mass is 35.5. The molecule has 1 heterocycles. The number of anilines is 1. The number of nitrogens with zero attached hydrogens (tertiary/aromatic N) is 1. The molecule has 0 saturated heterocycles. The van der Waals surface area contributed by atoms with E-state index in [9.17, 15) is 4.79 Å². The molecule has 1 aliphatic rings. The predicted octanol–water partition coefficient (Wildman–Crippen LogP) is 5.98. The highest BCUT2D eigenvalue weighted by Gasteiger charge is 2.36. The number of hydrogen-bond acceptors (Lipinski definition) is 3. The molecular formula is C25H24ClFN2O3. The summed E-state index contributed by atoms with van der Waals surface area (Å²) in [5, 5.41) is 3.19. The van der Waals surface area contributed by atoms with Gasteiger partial charge in [-0.3, -0.25) is 0 Å². The van der Waals surface area contributed by atoms with Crippen molar-refractivity contribution in [2.45, 2.75) is 19.4 Å². The number of carbonyl (C=O) groups excluding carboxylic acids is 1. The van der Waals surface area contributed by atoms with E-state index in [1.165, 1.54) is 6.07 Å². The van der Waals surface area contributed by atoms with E-state index >= 15 is 4.39 Å². The van der Waals surface area contributed by atoms with Crippen molar-refractivity contribution >= 4 is 23.3 Å². The summed E-state index contributed by atoms with van der Waals surface area (Å²) in [6.45, 7) is 2.34. The largest absolute Gasteiger partial charge is 0.493 e. The Hall–Kier alpha value is -3.25. The normalized spacial score (nSPS) is 15.2. The molecule has 0 radical (unpaired) electrons. The van der Waals surface area contributed by atoms with Crippen LogP contribution in [0.1, 0.15) is 28.3 Å². The third-order valence-electron chi connectivity index (χ3n) is 5.68. The van der Waals surface area contributed by atoms with Crippen LogP contribution in [0.25, 0.3) is 0 Å². The van der Waals surface area contributed by atoms with Gasteiger partial charge in [-0.2, -0.15) is 0 Å². The van der Waals surface area contributed by atoms with Crippen LogP contribution in [-0.4, -0.2) is 31.7 Å². The molecule has 0 saturated carbocycles. The molecule has 3 aromatic rings. The Morgan fingerprint density at radius 1 is 1.09 bits per heavy atom. The van der Waals surface area contributed by atoms with Crippen molar-refractivity contribution < 1.29 is 18.7 Å². The molecule has 2 amide bonds. The maximum absolute atomic E-state index is 15.1. The molecule has 3 aromatic carbocycles. The molecule has 0 fully saturated rings. The average Bonchev–Trinajstić information content (AvgIpc) is 2.77. The van der Waals surface area contributed by atoms with Gasteiger partial charge >= 0.3 is 6.03 Å². The zero-order valence-corrected chi connectivity index (χ0v) is 18.9. The van der Waals surface area contributed by atoms with Gasteiger partial charge in [0, 0.05) is 22.8 Å². The highest BCUT2D eigenvalue weighted by molar-refractivity contribution is 6.31. The fraction of sp³-hybridized carbons (Fsp3) is 0.240. The molecule has 0 aliphatic carbocycles. The fourth-order valence-corrected chi connectivity index (χ4v) is 4.43. The van der Waals surface area contributed by atoms with Gasteiger partial charge in [-0.25, -0.2) is 9.18 Å². The van der Waals surface area contributed by atoms with E-state index in [1.54, 1.807) is 37.3 Å². The maximum atomic E-state index is 15.1. The summed E-state index contributed by atoms with van der Waals surface area (Å²) < 4.78 is 26.0. The molecule has 7 heteroatoms. The zero-order valence-electron chi connectivity index (χ0n) is 18.1.